The third-order valence-corrected chi connectivity index (χ3v) is 6.79. The normalized spacial score (nSPS) is 21.4. The number of hydrogen-bond acceptors (Lipinski definition) is 5. The van der Waals surface area contributed by atoms with E-state index in [1.54, 1.807) is 0 Å². The van der Waals surface area contributed by atoms with Crippen molar-refractivity contribution in [2.45, 2.75) is 83.2 Å². The highest BCUT2D eigenvalue weighted by Gasteiger charge is 2.42. The van der Waals surface area contributed by atoms with Gasteiger partial charge in [-0.05, 0) is 88.3 Å². The van der Waals surface area contributed by atoms with Crippen molar-refractivity contribution in [3.05, 3.63) is 77.5 Å². The lowest BCUT2D eigenvalue weighted by Crippen LogP contribution is -2.47. The lowest BCUT2D eigenvalue weighted by molar-refractivity contribution is 0.0625. The number of ether oxygens (including phenoxy) is 2. The molecule has 2 atom stereocenters. The minimum Gasteiger partial charge on any atom is -0.488 e. The van der Waals surface area contributed by atoms with Gasteiger partial charge in [0.1, 0.15) is 18.0 Å². The fourth-order valence-electron chi connectivity index (χ4n) is 5.00. The van der Waals surface area contributed by atoms with Gasteiger partial charge >= 0.3 is 6.09 Å². The van der Waals surface area contributed by atoms with Crippen LogP contribution in [0.15, 0.2) is 66.4 Å². The van der Waals surface area contributed by atoms with Crippen molar-refractivity contribution in [2.24, 2.45) is 0 Å². The van der Waals surface area contributed by atoms with E-state index < -0.39 is 6.09 Å². The van der Waals surface area contributed by atoms with Crippen LogP contribution in [0, 0.1) is 0 Å². The summed E-state index contributed by atoms with van der Waals surface area (Å²) < 4.78 is 11.4. The van der Waals surface area contributed by atoms with Crippen molar-refractivity contribution in [3.8, 4) is 5.75 Å². The van der Waals surface area contributed by atoms with Gasteiger partial charge < -0.3 is 14.4 Å². The van der Waals surface area contributed by atoms with Crippen molar-refractivity contribution in [3.63, 3.8) is 0 Å². The Kier molecular flexibility index (Phi) is 6.75. The highest BCUT2D eigenvalue weighted by molar-refractivity contribution is 5.95. The molecule has 36 heavy (non-hydrogen) atoms. The minimum atomic E-state index is -0.412. The molecule has 2 aromatic carbocycles. The lowest BCUT2D eigenvalue weighted by Gasteiger charge is -2.37. The molecular weight excluding hydrogens is 454 g/mol. The molecule has 3 aliphatic rings. The summed E-state index contributed by atoms with van der Waals surface area (Å²) in [5, 5.41) is 1.46. The van der Waals surface area contributed by atoms with Crippen LogP contribution in [0.3, 0.4) is 0 Å². The molecule has 1 aliphatic heterocycles. The van der Waals surface area contributed by atoms with Crippen LogP contribution in [-0.4, -0.2) is 45.6 Å². The van der Waals surface area contributed by atoms with E-state index in [1.165, 1.54) is 5.01 Å². The monoisotopic (exact) mass is 489 g/mol. The van der Waals surface area contributed by atoms with Crippen LogP contribution in [-0.2, 0) is 11.3 Å². The predicted octanol–water partition coefficient (Wildman–Crippen LogP) is 5.43. The van der Waals surface area contributed by atoms with E-state index >= 15 is 0 Å². The SMILES string of the molecule is CC(C)(C)Oc1ccc(C(=O)N(C2CC2)C2CCC3NN(C(=O)OCc4ccccc4)C=C3C2)cc1. The van der Waals surface area contributed by atoms with Crippen LogP contribution in [0.4, 0.5) is 4.79 Å². The molecule has 0 spiro atoms. The average Bonchev–Trinajstić information content (AvgIpc) is 3.59. The number of hydrogen-bond donors (Lipinski definition) is 1. The number of carbonyl (C=O) groups excluding carboxylic acids is 2. The summed E-state index contributed by atoms with van der Waals surface area (Å²) >= 11 is 0. The maximum Gasteiger partial charge on any atom is 0.428 e. The number of rotatable bonds is 6. The summed E-state index contributed by atoms with van der Waals surface area (Å²) in [5.41, 5.74) is 5.77. The first-order valence-corrected chi connectivity index (χ1v) is 12.9. The van der Waals surface area contributed by atoms with Crippen LogP contribution in [0.25, 0.3) is 0 Å². The molecule has 0 aromatic heterocycles. The van der Waals surface area contributed by atoms with Gasteiger partial charge in [-0.1, -0.05) is 30.3 Å². The molecule has 2 aromatic rings. The Morgan fingerprint density at radius 1 is 0.972 bits per heavy atom. The second-order valence-corrected chi connectivity index (χ2v) is 10.9. The zero-order valence-electron chi connectivity index (χ0n) is 21.3. The highest BCUT2D eigenvalue weighted by Crippen LogP contribution is 2.38. The summed E-state index contributed by atoms with van der Waals surface area (Å²) in [6.07, 6.45) is 6.07. The van der Waals surface area contributed by atoms with Gasteiger partial charge in [0.2, 0.25) is 0 Å². The molecule has 0 saturated heterocycles. The van der Waals surface area contributed by atoms with Gasteiger partial charge in [-0.2, -0.15) is 0 Å². The largest absolute Gasteiger partial charge is 0.488 e. The second kappa shape index (κ2) is 9.97. The van der Waals surface area contributed by atoms with Gasteiger partial charge in [0.15, 0.2) is 0 Å². The molecule has 2 unspecified atom stereocenters. The smallest absolute Gasteiger partial charge is 0.428 e. The first kappa shape index (κ1) is 24.4. The van der Waals surface area contributed by atoms with E-state index in [4.69, 9.17) is 9.47 Å². The number of nitrogens with zero attached hydrogens (tertiary/aromatic N) is 2. The fourth-order valence-corrected chi connectivity index (χ4v) is 5.00. The standard InChI is InChI=1S/C29H35N3O4/c1-29(2,3)36-25-14-9-21(10-15-25)27(33)32(23-11-12-23)24-13-16-26-22(17-24)18-31(30-26)28(34)35-19-20-7-5-4-6-8-20/h4-10,14-15,18,23-24,26,30H,11-13,16-17,19H2,1-3H3. The fraction of sp³-hybridized carbons (Fsp3) is 0.448. The summed E-state index contributed by atoms with van der Waals surface area (Å²) in [6.45, 7) is 6.26. The number of benzene rings is 2. The molecule has 2 amide bonds. The lowest BCUT2D eigenvalue weighted by atomic mass is 9.86. The summed E-state index contributed by atoms with van der Waals surface area (Å²) in [6, 6.07) is 17.7. The van der Waals surface area contributed by atoms with Gasteiger partial charge in [-0.25, -0.2) is 15.2 Å². The first-order valence-electron chi connectivity index (χ1n) is 12.9. The molecular formula is C29H35N3O4. The first-order chi connectivity index (χ1) is 17.3. The average molecular weight is 490 g/mol. The van der Waals surface area contributed by atoms with Crippen LogP contribution >= 0.6 is 0 Å². The van der Waals surface area contributed by atoms with Gasteiger partial charge in [0.25, 0.3) is 5.91 Å². The van der Waals surface area contributed by atoms with Gasteiger partial charge in [0.05, 0.1) is 0 Å². The number of nitrogens with one attached hydrogen (secondary N) is 1. The van der Waals surface area contributed by atoms with Crippen molar-refractivity contribution in [1.82, 2.24) is 15.3 Å². The maximum atomic E-state index is 13.6. The van der Waals surface area contributed by atoms with E-state index in [0.717, 1.165) is 49.0 Å². The number of hydrazine groups is 1. The quantitative estimate of drug-likeness (QED) is 0.586. The third-order valence-electron chi connectivity index (χ3n) is 6.79. The Morgan fingerprint density at radius 2 is 1.67 bits per heavy atom. The van der Waals surface area contributed by atoms with Crippen LogP contribution in [0.2, 0.25) is 0 Å². The molecule has 7 heteroatoms. The minimum absolute atomic E-state index is 0.0777. The Morgan fingerprint density at radius 3 is 2.33 bits per heavy atom. The molecule has 2 fully saturated rings. The summed E-state index contributed by atoms with van der Waals surface area (Å²) in [7, 11) is 0. The zero-order chi connectivity index (χ0) is 25.3. The topological polar surface area (TPSA) is 71.1 Å². The zero-order valence-corrected chi connectivity index (χ0v) is 21.3. The summed E-state index contributed by atoms with van der Waals surface area (Å²) in [5.74, 6) is 0.841. The van der Waals surface area contributed by atoms with Crippen molar-refractivity contribution in [2.75, 3.05) is 0 Å². The molecule has 7 nitrogen and oxygen atoms in total. The number of fused-ring (bicyclic) bond motifs is 1. The molecule has 2 saturated carbocycles. The Balaban J connectivity index is 1.23. The molecule has 190 valence electrons. The Labute approximate surface area is 213 Å². The van der Waals surface area contributed by atoms with Gasteiger partial charge in [-0.15, -0.1) is 0 Å². The molecule has 1 heterocycles. The summed E-state index contributed by atoms with van der Waals surface area (Å²) in [4.78, 5) is 28.3. The van der Waals surface area contributed by atoms with Crippen molar-refractivity contribution < 1.29 is 19.1 Å². The van der Waals surface area contributed by atoms with Gasteiger partial charge in [0, 0.05) is 29.9 Å². The van der Waals surface area contributed by atoms with E-state index in [-0.39, 0.29) is 30.2 Å². The molecule has 2 aliphatic carbocycles. The maximum absolute atomic E-state index is 13.6. The van der Waals surface area contributed by atoms with Crippen molar-refractivity contribution in [1.29, 1.82) is 0 Å². The molecule has 0 radical (unpaired) electrons. The van der Waals surface area contributed by atoms with E-state index in [0.29, 0.717) is 11.6 Å². The van der Waals surface area contributed by atoms with E-state index in [9.17, 15) is 9.59 Å². The second-order valence-electron chi connectivity index (χ2n) is 10.9. The number of carbonyl (C=O) groups is 2. The molecule has 1 N–H and O–H groups in total. The third kappa shape index (κ3) is 5.73. The number of amides is 2. The van der Waals surface area contributed by atoms with Crippen LogP contribution < -0.4 is 10.2 Å². The Hall–Kier alpha value is -3.32. The molecule has 5 rings (SSSR count). The van der Waals surface area contributed by atoms with Gasteiger partial charge in [-0.3, -0.25) is 4.79 Å². The Bertz CT molecular complexity index is 1120. The van der Waals surface area contributed by atoms with Crippen LogP contribution in [0.5, 0.6) is 5.75 Å². The van der Waals surface area contributed by atoms with Crippen LogP contribution in [0.1, 0.15) is 68.8 Å². The van der Waals surface area contributed by atoms with E-state index in [2.05, 4.69) is 10.3 Å². The predicted molar refractivity (Wildman–Crippen MR) is 137 cm³/mol. The van der Waals surface area contributed by atoms with Crippen molar-refractivity contribution >= 4 is 12.0 Å². The highest BCUT2D eigenvalue weighted by atomic mass is 16.6. The molecule has 0 bridgehead atoms. The van der Waals surface area contributed by atoms with E-state index in [1.807, 2.05) is 81.6 Å².